The van der Waals surface area contributed by atoms with Crippen LogP contribution in [0.25, 0.3) is 32.3 Å². The fraction of sp³-hybridized carbons (Fsp3) is 0. The van der Waals surface area contributed by atoms with Crippen molar-refractivity contribution in [3.05, 3.63) is 66.3 Å². The minimum atomic E-state index is -0.107. The molecule has 2 N–H and O–H groups in total. The molecule has 0 fully saturated rings. The molecule has 2 aromatic heterocycles. The number of rotatable bonds is 2. The summed E-state index contributed by atoms with van der Waals surface area (Å²) < 4.78 is 1.17. The molecule has 0 atom stereocenters. The van der Waals surface area contributed by atoms with Crippen molar-refractivity contribution < 1.29 is 10.2 Å². The van der Waals surface area contributed by atoms with E-state index in [-0.39, 0.29) is 11.5 Å². The molecule has 0 amide bonds. The third-order valence-electron chi connectivity index (χ3n) is 3.86. The van der Waals surface area contributed by atoms with Gasteiger partial charge in [-0.1, -0.05) is 24.3 Å². The van der Waals surface area contributed by atoms with Gasteiger partial charge in [-0.15, -0.1) is 11.3 Å². The number of hydrogen-bond acceptors (Lipinski definition) is 4. The van der Waals surface area contributed by atoms with Crippen LogP contribution >= 0.6 is 11.3 Å². The number of aromatic nitrogens is 1. The smallest absolute Gasteiger partial charge is 0.158 e. The van der Waals surface area contributed by atoms with E-state index >= 15 is 0 Å². The first kappa shape index (κ1) is 13.8. The van der Waals surface area contributed by atoms with Gasteiger partial charge in [0.1, 0.15) is 0 Å². The van der Waals surface area contributed by atoms with Gasteiger partial charge in [0.05, 0.1) is 0 Å². The maximum Gasteiger partial charge on any atom is 0.158 e. The van der Waals surface area contributed by atoms with E-state index in [1.54, 1.807) is 29.7 Å². The van der Waals surface area contributed by atoms with Crippen LogP contribution in [0.4, 0.5) is 0 Å². The highest BCUT2D eigenvalue weighted by Gasteiger charge is 2.09. The van der Waals surface area contributed by atoms with Crippen LogP contribution in [0.5, 0.6) is 11.5 Å². The van der Waals surface area contributed by atoms with Crippen molar-refractivity contribution in [3.8, 4) is 33.8 Å². The fourth-order valence-corrected chi connectivity index (χ4v) is 3.66. The van der Waals surface area contributed by atoms with Gasteiger partial charge in [0.15, 0.2) is 11.5 Å². The number of fused-ring (bicyclic) bond motifs is 1. The van der Waals surface area contributed by atoms with Crippen molar-refractivity contribution in [1.82, 2.24) is 4.98 Å². The number of hydrogen-bond donors (Lipinski definition) is 2. The predicted octanol–water partition coefficient (Wildman–Crippen LogP) is 5.04. The minimum Gasteiger partial charge on any atom is -0.504 e. The van der Waals surface area contributed by atoms with E-state index in [0.29, 0.717) is 0 Å². The van der Waals surface area contributed by atoms with Crippen molar-refractivity contribution in [2.75, 3.05) is 0 Å². The van der Waals surface area contributed by atoms with Crippen LogP contribution in [0.3, 0.4) is 0 Å². The van der Waals surface area contributed by atoms with E-state index in [2.05, 4.69) is 28.6 Å². The van der Waals surface area contributed by atoms with Crippen LogP contribution in [0.2, 0.25) is 0 Å². The van der Waals surface area contributed by atoms with Crippen LogP contribution in [0.1, 0.15) is 0 Å². The normalized spacial score (nSPS) is 11.0. The van der Waals surface area contributed by atoms with Gasteiger partial charge in [0.2, 0.25) is 0 Å². The maximum atomic E-state index is 9.67. The lowest BCUT2D eigenvalue weighted by atomic mass is 10.0. The largest absolute Gasteiger partial charge is 0.504 e. The Kier molecular flexibility index (Phi) is 3.24. The van der Waals surface area contributed by atoms with Crippen molar-refractivity contribution in [1.29, 1.82) is 0 Å². The molecule has 112 valence electrons. The van der Waals surface area contributed by atoms with Gasteiger partial charge in [-0.05, 0) is 40.8 Å². The topological polar surface area (TPSA) is 53.4 Å². The third-order valence-corrected chi connectivity index (χ3v) is 4.80. The highest BCUT2D eigenvalue weighted by molar-refractivity contribution is 7.17. The molecule has 3 nitrogen and oxygen atoms in total. The Morgan fingerprint density at radius 3 is 2.43 bits per heavy atom. The summed E-state index contributed by atoms with van der Waals surface area (Å²) >= 11 is 1.69. The minimum absolute atomic E-state index is 0.107. The number of phenols is 2. The fourth-order valence-electron chi connectivity index (χ4n) is 2.66. The summed E-state index contributed by atoms with van der Waals surface area (Å²) in [4.78, 5) is 4.18. The average molecular weight is 319 g/mol. The van der Waals surface area contributed by atoms with Gasteiger partial charge in [0, 0.05) is 33.6 Å². The number of aromatic hydroxyl groups is 2. The second kappa shape index (κ2) is 5.41. The molecule has 4 aromatic rings. The molecule has 0 spiro atoms. The standard InChI is InChI=1S/C19H13NO2S/c21-17-6-4-12(8-18(17)22)13-3-5-15-16(11-23-19(15)9-13)14-2-1-7-20-10-14/h1-11,21-22H. The van der Waals surface area contributed by atoms with E-state index in [0.717, 1.165) is 16.7 Å². The zero-order valence-corrected chi connectivity index (χ0v) is 12.9. The summed E-state index contributed by atoms with van der Waals surface area (Å²) in [6.07, 6.45) is 3.64. The number of pyridine rings is 1. The van der Waals surface area contributed by atoms with E-state index in [4.69, 9.17) is 0 Å². The second-order valence-corrected chi connectivity index (χ2v) is 6.22. The molecule has 23 heavy (non-hydrogen) atoms. The van der Waals surface area contributed by atoms with E-state index in [1.165, 1.54) is 21.7 Å². The third kappa shape index (κ3) is 2.43. The quantitative estimate of drug-likeness (QED) is 0.509. The van der Waals surface area contributed by atoms with Crippen molar-refractivity contribution >= 4 is 21.4 Å². The summed E-state index contributed by atoms with van der Waals surface area (Å²) in [6, 6.07) is 15.1. The first-order valence-corrected chi connectivity index (χ1v) is 8.04. The molecule has 0 aliphatic rings. The van der Waals surface area contributed by atoms with Gasteiger partial charge < -0.3 is 10.2 Å². The first-order valence-electron chi connectivity index (χ1n) is 7.16. The maximum absolute atomic E-state index is 9.67. The molecular weight excluding hydrogens is 306 g/mol. The van der Waals surface area contributed by atoms with Crippen LogP contribution in [-0.4, -0.2) is 15.2 Å². The van der Waals surface area contributed by atoms with Gasteiger partial charge in [-0.25, -0.2) is 0 Å². The molecule has 0 aliphatic heterocycles. The highest BCUT2D eigenvalue weighted by atomic mass is 32.1. The Bertz CT molecular complexity index is 993. The zero-order chi connectivity index (χ0) is 15.8. The Hall–Kier alpha value is -2.85. The molecule has 0 unspecified atom stereocenters. The molecule has 0 aliphatic carbocycles. The summed E-state index contributed by atoms with van der Waals surface area (Å²) in [5.74, 6) is -0.213. The zero-order valence-electron chi connectivity index (χ0n) is 12.1. The molecule has 0 bridgehead atoms. The average Bonchev–Trinajstić information content (AvgIpc) is 3.01. The Morgan fingerprint density at radius 1 is 0.826 bits per heavy atom. The summed E-state index contributed by atoms with van der Waals surface area (Å²) in [7, 11) is 0. The van der Waals surface area contributed by atoms with Crippen LogP contribution in [0.15, 0.2) is 66.3 Å². The van der Waals surface area contributed by atoms with Crippen LogP contribution in [0, 0.1) is 0 Å². The van der Waals surface area contributed by atoms with Crippen molar-refractivity contribution in [2.24, 2.45) is 0 Å². The lowest BCUT2D eigenvalue weighted by Crippen LogP contribution is -1.80. The summed E-state index contributed by atoms with van der Waals surface area (Å²) in [6.45, 7) is 0. The van der Waals surface area contributed by atoms with Crippen LogP contribution < -0.4 is 0 Å². The highest BCUT2D eigenvalue weighted by Crippen LogP contribution is 2.37. The monoisotopic (exact) mass is 319 g/mol. The van der Waals surface area contributed by atoms with Crippen molar-refractivity contribution in [2.45, 2.75) is 0 Å². The Labute approximate surface area is 137 Å². The lowest BCUT2D eigenvalue weighted by molar-refractivity contribution is 0.404. The molecule has 4 heteroatoms. The van der Waals surface area contributed by atoms with Crippen LogP contribution in [-0.2, 0) is 0 Å². The molecule has 0 saturated heterocycles. The Balaban J connectivity index is 1.82. The number of thiophene rings is 1. The lowest BCUT2D eigenvalue weighted by Gasteiger charge is -2.05. The predicted molar refractivity (Wildman–Crippen MR) is 93.8 cm³/mol. The molecule has 0 saturated carbocycles. The summed E-state index contributed by atoms with van der Waals surface area (Å²) in [5, 5.41) is 22.4. The number of phenolic OH excluding ortho intramolecular Hbond substituents is 2. The van der Waals surface area contributed by atoms with Gasteiger partial charge in [0.25, 0.3) is 0 Å². The molecule has 2 heterocycles. The first-order chi connectivity index (χ1) is 11.2. The van der Waals surface area contributed by atoms with Gasteiger partial charge in [-0.2, -0.15) is 0 Å². The molecule has 4 rings (SSSR count). The van der Waals surface area contributed by atoms with Crippen molar-refractivity contribution in [3.63, 3.8) is 0 Å². The molecular formula is C19H13NO2S. The number of benzene rings is 2. The SMILES string of the molecule is Oc1ccc(-c2ccc3c(-c4cccnc4)csc3c2)cc1O. The van der Waals surface area contributed by atoms with E-state index < -0.39 is 0 Å². The van der Waals surface area contributed by atoms with Gasteiger partial charge >= 0.3 is 0 Å². The van der Waals surface area contributed by atoms with Gasteiger partial charge in [-0.3, -0.25) is 4.98 Å². The molecule has 0 radical (unpaired) electrons. The Morgan fingerprint density at radius 2 is 1.65 bits per heavy atom. The number of nitrogens with zero attached hydrogens (tertiary/aromatic N) is 1. The summed E-state index contributed by atoms with van der Waals surface area (Å²) in [5.41, 5.74) is 4.16. The van der Waals surface area contributed by atoms with E-state index in [1.807, 2.05) is 18.3 Å². The van der Waals surface area contributed by atoms with E-state index in [9.17, 15) is 10.2 Å². The molecule has 2 aromatic carbocycles. The second-order valence-electron chi connectivity index (χ2n) is 5.31.